The second-order valence-corrected chi connectivity index (χ2v) is 7.10. The summed E-state index contributed by atoms with van der Waals surface area (Å²) in [6, 6.07) is 12.8. The van der Waals surface area contributed by atoms with Gasteiger partial charge in [-0.15, -0.1) is 12.8 Å². The maximum Gasteiger partial charge on any atom is 0.251 e. The van der Waals surface area contributed by atoms with Crippen molar-refractivity contribution in [2.45, 2.75) is 19.1 Å². The van der Waals surface area contributed by atoms with Gasteiger partial charge in [0.15, 0.2) is 17.6 Å². The van der Waals surface area contributed by atoms with Crippen molar-refractivity contribution in [3.05, 3.63) is 58.6 Å². The highest BCUT2D eigenvalue weighted by Gasteiger charge is 2.19. The molecule has 0 radical (unpaired) electrons. The Balaban J connectivity index is 1.84. The van der Waals surface area contributed by atoms with Crippen LogP contribution in [0.5, 0.6) is 11.5 Å². The van der Waals surface area contributed by atoms with Crippen LogP contribution in [-0.4, -0.2) is 45.5 Å². The Morgan fingerprint density at radius 1 is 1.06 bits per heavy atom. The Morgan fingerprint density at radius 2 is 1.78 bits per heavy atom. The molecule has 2 aromatic rings. The minimum absolute atomic E-state index is 0.0126. The van der Waals surface area contributed by atoms with E-state index in [2.05, 4.69) is 17.2 Å². The van der Waals surface area contributed by atoms with E-state index in [9.17, 15) is 4.79 Å². The predicted octanol–water partition coefficient (Wildman–Crippen LogP) is 3.25. The maximum absolute atomic E-state index is 12.6. The SMILES string of the molecule is C#CCOc1ccc(CCNC(=O)[C@@H](COCc2ccc(Cl)cc2)OCC#C)cc1OC. The highest BCUT2D eigenvalue weighted by atomic mass is 35.5. The number of carbonyl (C=O) groups excluding carboxylic acids is 1. The molecule has 168 valence electrons. The standard InChI is InChI=1S/C25H26ClNO5/c1-4-14-31-22-11-8-19(16-23(22)29-3)12-13-27-25(28)24(32-15-5-2)18-30-17-20-6-9-21(26)10-7-20/h1-2,6-11,16,24H,12-15,17-18H2,3H3,(H,27,28)/t24-/m1/s1. The van der Waals surface area contributed by atoms with Gasteiger partial charge < -0.3 is 24.3 Å². The van der Waals surface area contributed by atoms with Gasteiger partial charge in [0.1, 0.15) is 13.2 Å². The summed E-state index contributed by atoms with van der Waals surface area (Å²) >= 11 is 5.88. The fraction of sp³-hybridized carbons (Fsp3) is 0.320. The van der Waals surface area contributed by atoms with Crippen LogP contribution in [0.4, 0.5) is 0 Å². The van der Waals surface area contributed by atoms with E-state index in [4.69, 9.17) is 43.4 Å². The van der Waals surface area contributed by atoms with E-state index in [1.165, 1.54) is 0 Å². The van der Waals surface area contributed by atoms with E-state index in [0.717, 1.165) is 11.1 Å². The molecule has 0 saturated heterocycles. The molecular formula is C25H26ClNO5. The molecule has 2 aromatic carbocycles. The minimum atomic E-state index is -0.813. The Labute approximate surface area is 194 Å². The zero-order valence-electron chi connectivity index (χ0n) is 17.9. The molecule has 2 rings (SSSR count). The fourth-order valence-electron chi connectivity index (χ4n) is 2.76. The summed E-state index contributed by atoms with van der Waals surface area (Å²) in [7, 11) is 1.56. The maximum atomic E-state index is 12.6. The van der Waals surface area contributed by atoms with E-state index < -0.39 is 6.10 Å². The fourth-order valence-corrected chi connectivity index (χ4v) is 2.89. The Morgan fingerprint density at radius 3 is 2.47 bits per heavy atom. The number of benzene rings is 2. The van der Waals surface area contributed by atoms with Crippen molar-refractivity contribution >= 4 is 17.5 Å². The average Bonchev–Trinajstić information content (AvgIpc) is 2.81. The molecule has 0 bridgehead atoms. The van der Waals surface area contributed by atoms with Gasteiger partial charge in [0.2, 0.25) is 0 Å². The molecule has 0 unspecified atom stereocenters. The van der Waals surface area contributed by atoms with Crippen LogP contribution in [0.25, 0.3) is 0 Å². The second-order valence-electron chi connectivity index (χ2n) is 6.66. The van der Waals surface area contributed by atoms with Gasteiger partial charge in [-0.1, -0.05) is 41.6 Å². The van der Waals surface area contributed by atoms with Gasteiger partial charge in [0.05, 0.1) is 20.3 Å². The van der Waals surface area contributed by atoms with Crippen LogP contribution in [-0.2, 0) is 27.3 Å². The monoisotopic (exact) mass is 455 g/mol. The molecule has 6 nitrogen and oxygen atoms in total. The molecule has 0 aliphatic rings. The largest absolute Gasteiger partial charge is 0.493 e. The first kappa shape index (κ1) is 25.1. The third kappa shape index (κ3) is 8.53. The predicted molar refractivity (Wildman–Crippen MR) is 124 cm³/mol. The van der Waals surface area contributed by atoms with Gasteiger partial charge in [-0.3, -0.25) is 4.79 Å². The first-order chi connectivity index (χ1) is 15.6. The smallest absolute Gasteiger partial charge is 0.251 e. The van der Waals surface area contributed by atoms with Gasteiger partial charge in [-0.25, -0.2) is 0 Å². The van der Waals surface area contributed by atoms with E-state index >= 15 is 0 Å². The summed E-state index contributed by atoms with van der Waals surface area (Å²) in [5.74, 6) is 5.64. The van der Waals surface area contributed by atoms with E-state index in [0.29, 0.717) is 36.1 Å². The van der Waals surface area contributed by atoms with Crippen molar-refractivity contribution in [2.75, 3.05) is 33.5 Å². The zero-order chi connectivity index (χ0) is 23.2. The number of ether oxygens (including phenoxy) is 4. The molecule has 1 atom stereocenters. The summed E-state index contributed by atoms with van der Waals surface area (Å²) in [5.41, 5.74) is 1.91. The van der Waals surface area contributed by atoms with Crippen molar-refractivity contribution in [2.24, 2.45) is 0 Å². The van der Waals surface area contributed by atoms with Crippen molar-refractivity contribution in [1.29, 1.82) is 0 Å². The summed E-state index contributed by atoms with van der Waals surface area (Å²) in [5, 5.41) is 3.50. The molecule has 0 aliphatic carbocycles. The second kappa shape index (κ2) is 14.0. The molecule has 0 heterocycles. The lowest BCUT2D eigenvalue weighted by molar-refractivity contribution is -0.136. The lowest BCUT2D eigenvalue weighted by Crippen LogP contribution is -2.40. The molecule has 0 aromatic heterocycles. The molecule has 0 fully saturated rings. The molecule has 1 amide bonds. The van der Waals surface area contributed by atoms with Gasteiger partial charge in [-0.05, 0) is 41.8 Å². The van der Waals surface area contributed by atoms with Gasteiger partial charge in [0.25, 0.3) is 5.91 Å². The van der Waals surface area contributed by atoms with E-state index in [1.807, 2.05) is 24.3 Å². The third-order valence-corrected chi connectivity index (χ3v) is 4.62. The van der Waals surface area contributed by atoms with Crippen molar-refractivity contribution in [3.8, 4) is 36.2 Å². The van der Waals surface area contributed by atoms with E-state index in [1.54, 1.807) is 25.3 Å². The summed E-state index contributed by atoms with van der Waals surface area (Å²) in [6.07, 6.45) is 10.3. The number of nitrogens with one attached hydrogen (secondary N) is 1. The van der Waals surface area contributed by atoms with Crippen LogP contribution in [0.2, 0.25) is 5.02 Å². The van der Waals surface area contributed by atoms with Gasteiger partial charge >= 0.3 is 0 Å². The molecular weight excluding hydrogens is 430 g/mol. The molecule has 0 saturated carbocycles. The molecule has 0 spiro atoms. The molecule has 7 heteroatoms. The van der Waals surface area contributed by atoms with E-state index in [-0.39, 0.29) is 25.7 Å². The van der Waals surface area contributed by atoms with Crippen LogP contribution >= 0.6 is 11.6 Å². The average molecular weight is 456 g/mol. The highest BCUT2D eigenvalue weighted by Crippen LogP contribution is 2.28. The summed E-state index contributed by atoms with van der Waals surface area (Å²) < 4.78 is 21.9. The van der Waals surface area contributed by atoms with Crippen LogP contribution in [0.15, 0.2) is 42.5 Å². The lowest BCUT2D eigenvalue weighted by Gasteiger charge is -2.17. The number of carbonyl (C=O) groups is 1. The first-order valence-electron chi connectivity index (χ1n) is 9.95. The van der Waals surface area contributed by atoms with Crippen molar-refractivity contribution in [3.63, 3.8) is 0 Å². The number of hydrogen-bond acceptors (Lipinski definition) is 5. The van der Waals surface area contributed by atoms with Crippen molar-refractivity contribution in [1.82, 2.24) is 5.32 Å². The number of methoxy groups -OCH3 is 1. The number of halogens is 1. The normalized spacial score (nSPS) is 11.1. The lowest BCUT2D eigenvalue weighted by atomic mass is 10.1. The zero-order valence-corrected chi connectivity index (χ0v) is 18.7. The third-order valence-electron chi connectivity index (χ3n) is 4.36. The van der Waals surface area contributed by atoms with Crippen LogP contribution in [0.1, 0.15) is 11.1 Å². The van der Waals surface area contributed by atoms with Crippen LogP contribution in [0.3, 0.4) is 0 Å². The molecule has 1 N–H and O–H groups in total. The quantitative estimate of drug-likeness (QED) is 0.470. The Bertz CT molecular complexity index is 946. The van der Waals surface area contributed by atoms with Crippen molar-refractivity contribution < 1.29 is 23.7 Å². The van der Waals surface area contributed by atoms with Crippen LogP contribution < -0.4 is 14.8 Å². The Kier molecular flexibility index (Phi) is 11.0. The van der Waals surface area contributed by atoms with Gasteiger partial charge in [-0.2, -0.15) is 0 Å². The number of terminal acetylenes is 2. The Hall–Kier alpha value is -3.16. The summed E-state index contributed by atoms with van der Waals surface area (Å²) in [4.78, 5) is 12.6. The minimum Gasteiger partial charge on any atom is -0.493 e. The molecule has 32 heavy (non-hydrogen) atoms. The molecule has 0 aliphatic heterocycles. The number of rotatable bonds is 13. The van der Waals surface area contributed by atoms with Crippen LogP contribution in [0, 0.1) is 24.7 Å². The number of amides is 1. The number of hydrogen-bond donors (Lipinski definition) is 1. The summed E-state index contributed by atoms with van der Waals surface area (Å²) in [6.45, 7) is 0.975. The topological polar surface area (TPSA) is 66.0 Å². The highest BCUT2D eigenvalue weighted by molar-refractivity contribution is 6.30. The van der Waals surface area contributed by atoms with Gasteiger partial charge in [0, 0.05) is 11.6 Å². The first-order valence-corrected chi connectivity index (χ1v) is 10.3.